The van der Waals surface area contributed by atoms with Crippen LogP contribution in [0, 0.1) is 6.92 Å². The van der Waals surface area contributed by atoms with Crippen molar-refractivity contribution in [2.24, 2.45) is 5.11 Å². The second-order valence-electron chi connectivity index (χ2n) is 3.88. The molecule has 5 nitrogen and oxygen atoms in total. The van der Waals surface area contributed by atoms with Crippen LogP contribution >= 0.6 is 11.6 Å². The summed E-state index contributed by atoms with van der Waals surface area (Å²) in [5.74, 6) is 0. The van der Waals surface area contributed by atoms with Gasteiger partial charge in [0.2, 0.25) is 0 Å². The zero-order chi connectivity index (χ0) is 13.1. The zero-order valence-corrected chi connectivity index (χ0v) is 10.8. The summed E-state index contributed by atoms with van der Waals surface area (Å²) in [5.41, 5.74) is 11.6. The summed E-state index contributed by atoms with van der Waals surface area (Å²) in [5, 5.41) is 4.98. The lowest BCUT2D eigenvalue weighted by atomic mass is 10.1. The molecule has 2 rings (SSSR count). The predicted molar refractivity (Wildman–Crippen MR) is 71.0 cm³/mol. The van der Waals surface area contributed by atoms with E-state index in [1.807, 2.05) is 13.0 Å². The molecule has 92 valence electrons. The number of ether oxygens (including phenoxy) is 1. The molecule has 1 aromatic heterocycles. The van der Waals surface area contributed by atoms with Gasteiger partial charge in [-0.25, -0.2) is 4.98 Å². The van der Waals surface area contributed by atoms with E-state index < -0.39 is 0 Å². The molecule has 0 amide bonds. The van der Waals surface area contributed by atoms with Crippen molar-refractivity contribution in [3.05, 3.63) is 44.9 Å². The minimum absolute atomic E-state index is 0.394. The Morgan fingerprint density at radius 1 is 1.44 bits per heavy atom. The molecular weight excluding hydrogens is 252 g/mol. The van der Waals surface area contributed by atoms with Crippen LogP contribution in [0.25, 0.3) is 21.3 Å². The van der Waals surface area contributed by atoms with Gasteiger partial charge in [0.15, 0.2) is 0 Å². The molecule has 0 aliphatic rings. The Hall–Kier alpha value is -1.81. The van der Waals surface area contributed by atoms with Crippen LogP contribution in [0.15, 0.2) is 23.3 Å². The van der Waals surface area contributed by atoms with Crippen LogP contribution < -0.4 is 0 Å². The summed E-state index contributed by atoms with van der Waals surface area (Å²) in [6.07, 6.45) is 0. The summed E-state index contributed by atoms with van der Waals surface area (Å²) < 4.78 is 5.14. The van der Waals surface area contributed by atoms with E-state index in [9.17, 15) is 0 Å². The fraction of sp³-hybridized carbons (Fsp3) is 0.250. The number of rotatable bonds is 3. The Labute approximate surface area is 109 Å². The smallest absolute Gasteiger partial charge is 0.130 e. The topological polar surface area (TPSA) is 70.9 Å². The van der Waals surface area contributed by atoms with Crippen LogP contribution in [0.5, 0.6) is 0 Å². The van der Waals surface area contributed by atoms with E-state index in [4.69, 9.17) is 21.9 Å². The summed E-state index contributed by atoms with van der Waals surface area (Å²) >= 11 is 5.96. The molecular formula is C12H11ClN4O. The largest absolute Gasteiger partial charge is 0.380 e. The first kappa shape index (κ1) is 12.6. The maximum absolute atomic E-state index is 8.50. The molecule has 6 heteroatoms. The van der Waals surface area contributed by atoms with Crippen LogP contribution in [-0.2, 0) is 11.3 Å². The molecule has 0 aliphatic heterocycles. The van der Waals surface area contributed by atoms with Gasteiger partial charge in [0, 0.05) is 23.1 Å². The Morgan fingerprint density at radius 2 is 2.22 bits per heavy atom. The van der Waals surface area contributed by atoms with Crippen molar-refractivity contribution in [2.75, 3.05) is 7.11 Å². The Morgan fingerprint density at radius 3 is 2.89 bits per heavy atom. The number of azide groups is 1. The molecule has 0 atom stereocenters. The molecule has 0 saturated carbocycles. The molecule has 1 aromatic carbocycles. The van der Waals surface area contributed by atoms with Gasteiger partial charge in [-0.05, 0) is 41.8 Å². The van der Waals surface area contributed by atoms with Crippen molar-refractivity contribution in [3.63, 3.8) is 0 Å². The first-order chi connectivity index (χ1) is 8.65. The number of hydrogen-bond acceptors (Lipinski definition) is 3. The molecule has 0 radical (unpaired) electrons. The van der Waals surface area contributed by atoms with Gasteiger partial charge in [-0.2, -0.15) is 0 Å². The van der Waals surface area contributed by atoms with Gasteiger partial charge in [0.05, 0.1) is 12.1 Å². The Kier molecular flexibility index (Phi) is 3.67. The highest BCUT2D eigenvalue weighted by atomic mass is 35.5. The minimum atomic E-state index is 0.394. The van der Waals surface area contributed by atoms with Gasteiger partial charge < -0.3 is 4.74 Å². The number of fused-ring (bicyclic) bond motifs is 1. The van der Waals surface area contributed by atoms with E-state index in [1.165, 1.54) is 0 Å². The average molecular weight is 263 g/mol. The van der Waals surface area contributed by atoms with E-state index in [0.717, 1.165) is 16.5 Å². The maximum Gasteiger partial charge on any atom is 0.130 e. The summed E-state index contributed by atoms with van der Waals surface area (Å²) in [4.78, 5) is 7.02. The Bertz CT molecular complexity index is 650. The number of methoxy groups -OCH3 is 1. The SMILES string of the molecule is COCc1cc(Cl)nc2cc(N=[N+]=[N-])c(C)cc12. The lowest BCUT2D eigenvalue weighted by Gasteiger charge is -2.08. The predicted octanol–water partition coefficient (Wildman–Crippen LogP) is 4.28. The van der Waals surface area contributed by atoms with Crippen molar-refractivity contribution in [3.8, 4) is 0 Å². The Balaban J connectivity index is 2.74. The maximum atomic E-state index is 8.50. The van der Waals surface area contributed by atoms with E-state index >= 15 is 0 Å². The van der Waals surface area contributed by atoms with Crippen LogP contribution in [0.1, 0.15) is 11.1 Å². The van der Waals surface area contributed by atoms with E-state index in [1.54, 1.807) is 19.2 Å². The number of hydrogen-bond donors (Lipinski definition) is 0. The van der Waals surface area contributed by atoms with Crippen molar-refractivity contribution in [1.29, 1.82) is 0 Å². The van der Waals surface area contributed by atoms with Crippen LogP contribution in [0.2, 0.25) is 5.15 Å². The molecule has 0 aliphatic carbocycles. The van der Waals surface area contributed by atoms with Crippen LogP contribution in [-0.4, -0.2) is 12.1 Å². The summed E-state index contributed by atoms with van der Waals surface area (Å²) in [7, 11) is 1.63. The first-order valence-corrected chi connectivity index (χ1v) is 5.67. The van der Waals surface area contributed by atoms with Gasteiger partial charge >= 0.3 is 0 Å². The third kappa shape index (κ3) is 2.38. The minimum Gasteiger partial charge on any atom is -0.380 e. The zero-order valence-electron chi connectivity index (χ0n) is 10.0. The summed E-state index contributed by atoms with van der Waals surface area (Å²) in [6, 6.07) is 5.44. The molecule has 0 bridgehead atoms. The quantitative estimate of drug-likeness (QED) is 0.358. The van der Waals surface area contributed by atoms with Crippen molar-refractivity contribution >= 4 is 28.2 Å². The second-order valence-corrected chi connectivity index (χ2v) is 4.27. The highest BCUT2D eigenvalue weighted by Gasteiger charge is 2.07. The van der Waals surface area contributed by atoms with Crippen LogP contribution in [0.4, 0.5) is 5.69 Å². The molecule has 0 spiro atoms. The number of aryl methyl sites for hydroxylation is 1. The highest BCUT2D eigenvalue weighted by molar-refractivity contribution is 6.30. The molecule has 0 unspecified atom stereocenters. The highest BCUT2D eigenvalue weighted by Crippen LogP contribution is 2.29. The van der Waals surface area contributed by atoms with Crippen molar-refractivity contribution in [2.45, 2.75) is 13.5 Å². The summed E-state index contributed by atoms with van der Waals surface area (Å²) in [6.45, 7) is 2.34. The van der Waals surface area contributed by atoms with Gasteiger partial charge in [-0.1, -0.05) is 16.7 Å². The van der Waals surface area contributed by atoms with Crippen molar-refractivity contribution < 1.29 is 4.74 Å². The van der Waals surface area contributed by atoms with Gasteiger partial charge in [-0.15, -0.1) is 0 Å². The number of aromatic nitrogens is 1. The first-order valence-electron chi connectivity index (χ1n) is 5.29. The fourth-order valence-corrected chi connectivity index (χ4v) is 2.06. The number of nitrogens with zero attached hydrogens (tertiary/aromatic N) is 4. The number of pyridine rings is 1. The average Bonchev–Trinajstić information content (AvgIpc) is 2.32. The van der Waals surface area contributed by atoms with Crippen molar-refractivity contribution in [1.82, 2.24) is 4.98 Å². The van der Waals surface area contributed by atoms with Gasteiger partial charge in [-0.3, -0.25) is 0 Å². The fourth-order valence-electron chi connectivity index (χ4n) is 1.83. The van der Waals surface area contributed by atoms with Gasteiger partial charge in [0.1, 0.15) is 5.15 Å². The number of halogens is 1. The molecule has 1 heterocycles. The third-order valence-corrected chi connectivity index (χ3v) is 2.83. The van der Waals surface area contributed by atoms with E-state index in [-0.39, 0.29) is 0 Å². The lowest BCUT2D eigenvalue weighted by molar-refractivity contribution is 0.186. The standard InChI is InChI=1S/C12H11ClN4O/c1-7-3-9-8(6-18-2)4-12(13)15-11(9)5-10(7)16-17-14/h3-5H,6H2,1-2H3. The van der Waals surface area contributed by atoms with E-state index in [0.29, 0.717) is 23.0 Å². The molecule has 2 aromatic rings. The molecule has 0 saturated heterocycles. The van der Waals surface area contributed by atoms with Gasteiger partial charge in [0.25, 0.3) is 0 Å². The van der Waals surface area contributed by atoms with E-state index in [2.05, 4.69) is 15.0 Å². The second kappa shape index (κ2) is 5.23. The monoisotopic (exact) mass is 262 g/mol. The number of benzene rings is 1. The lowest BCUT2D eigenvalue weighted by Crippen LogP contribution is -1.93. The molecule has 18 heavy (non-hydrogen) atoms. The van der Waals surface area contributed by atoms with Crippen LogP contribution in [0.3, 0.4) is 0 Å². The third-order valence-electron chi connectivity index (χ3n) is 2.63. The normalized spacial score (nSPS) is 10.4. The molecule has 0 N–H and O–H groups in total. The molecule has 0 fully saturated rings.